The molecular weight excluding hydrogens is 402 g/mol. The third kappa shape index (κ3) is 2.71. The van der Waals surface area contributed by atoms with Gasteiger partial charge in [-0.3, -0.25) is 14.6 Å². The third-order valence-corrected chi connectivity index (χ3v) is 6.62. The summed E-state index contributed by atoms with van der Waals surface area (Å²) in [6.45, 7) is 2.37. The Balaban J connectivity index is 1.51. The van der Waals surface area contributed by atoms with E-state index in [1.165, 1.54) is 0 Å². The molecule has 1 unspecified atom stereocenters. The van der Waals surface area contributed by atoms with Gasteiger partial charge in [-0.2, -0.15) is 0 Å². The minimum Gasteiger partial charge on any atom is -0.449 e. The second-order valence-corrected chi connectivity index (χ2v) is 8.14. The normalized spacial score (nSPS) is 30.9. The van der Waals surface area contributed by atoms with Gasteiger partial charge in [0.15, 0.2) is 5.72 Å². The lowest BCUT2D eigenvalue weighted by atomic mass is 9.82. The number of rotatable bonds is 6. The van der Waals surface area contributed by atoms with Crippen LogP contribution in [0.2, 0.25) is 0 Å². The molecule has 4 aliphatic rings. The summed E-state index contributed by atoms with van der Waals surface area (Å²) in [7, 11) is 1.54. The molecule has 0 bridgehead atoms. The van der Waals surface area contributed by atoms with Gasteiger partial charge in [0.2, 0.25) is 11.6 Å². The summed E-state index contributed by atoms with van der Waals surface area (Å²) >= 11 is 0. The van der Waals surface area contributed by atoms with Crippen LogP contribution in [0.1, 0.15) is 12.5 Å². The number of nitrogens with one attached hydrogen (secondary N) is 2. The molecule has 1 aromatic heterocycles. The van der Waals surface area contributed by atoms with Crippen LogP contribution in [0.3, 0.4) is 0 Å². The van der Waals surface area contributed by atoms with Gasteiger partial charge in [-0.25, -0.2) is 4.79 Å². The van der Waals surface area contributed by atoms with E-state index in [4.69, 9.17) is 15.2 Å². The maximum absolute atomic E-state index is 13.6. The molecule has 3 aliphatic heterocycles. The zero-order valence-corrected chi connectivity index (χ0v) is 17.2. The number of ketones is 2. The summed E-state index contributed by atoms with van der Waals surface area (Å²) in [6, 6.07) is 3.76. The Bertz CT molecular complexity index is 1050. The first-order valence-corrected chi connectivity index (χ1v) is 10.1. The van der Waals surface area contributed by atoms with E-state index < -0.39 is 17.7 Å². The fraction of sp³-hybridized carbons (Fsp3) is 0.429. The Morgan fingerprint density at radius 2 is 2.23 bits per heavy atom. The maximum atomic E-state index is 13.6. The van der Waals surface area contributed by atoms with Crippen molar-refractivity contribution in [1.82, 2.24) is 20.5 Å². The maximum Gasteiger partial charge on any atom is 0.404 e. The molecule has 1 amide bonds. The Morgan fingerprint density at radius 3 is 2.90 bits per heavy atom. The summed E-state index contributed by atoms with van der Waals surface area (Å²) in [4.78, 5) is 44.3. The van der Waals surface area contributed by atoms with Gasteiger partial charge >= 0.3 is 6.09 Å². The lowest BCUT2D eigenvalue weighted by molar-refractivity contribution is -0.137. The molecule has 162 valence electrons. The molecule has 0 radical (unpaired) electrons. The highest BCUT2D eigenvalue weighted by molar-refractivity contribution is 6.25. The standard InChI is InChI=1S/C21H23N5O5/c1-10-15(24-7-11-4-3-5-23-6-11)18(28)14-12(9-31-20(22)29)21(30-2)19-13(25-19)8-26(21)16(14)17(10)27/h3-6,12-13,19,24-25H,7-9H2,1-2H3,(H2,22,29)/t12-,13+,19+,21?/m0/s1. The van der Waals surface area contributed by atoms with Gasteiger partial charge in [-0.1, -0.05) is 6.07 Å². The lowest BCUT2D eigenvalue weighted by Gasteiger charge is -2.39. The number of amides is 1. The molecule has 2 saturated heterocycles. The number of primary amides is 1. The first kappa shape index (κ1) is 19.7. The Kier molecular flexibility index (Phi) is 4.38. The molecule has 1 aliphatic carbocycles. The van der Waals surface area contributed by atoms with Crippen LogP contribution in [0, 0.1) is 5.92 Å². The molecular formula is C21H23N5O5. The highest BCUT2D eigenvalue weighted by Crippen LogP contribution is 2.55. The van der Waals surface area contributed by atoms with Gasteiger partial charge in [0, 0.05) is 49.8 Å². The van der Waals surface area contributed by atoms with Crippen LogP contribution < -0.4 is 16.4 Å². The fourth-order valence-electron chi connectivity index (χ4n) is 5.20. The van der Waals surface area contributed by atoms with Crippen molar-refractivity contribution in [1.29, 1.82) is 0 Å². The Morgan fingerprint density at radius 1 is 1.42 bits per heavy atom. The molecule has 0 saturated carbocycles. The number of hydrogen-bond donors (Lipinski definition) is 3. The lowest BCUT2D eigenvalue weighted by Crippen LogP contribution is -2.55. The first-order valence-electron chi connectivity index (χ1n) is 10.1. The minimum absolute atomic E-state index is 0.0720. The van der Waals surface area contributed by atoms with Crippen molar-refractivity contribution >= 4 is 17.7 Å². The average molecular weight is 425 g/mol. The molecule has 5 rings (SSSR count). The van der Waals surface area contributed by atoms with Crippen LogP contribution in [-0.4, -0.2) is 65.6 Å². The van der Waals surface area contributed by atoms with E-state index in [0.29, 0.717) is 29.9 Å². The Labute approximate surface area is 178 Å². The van der Waals surface area contributed by atoms with E-state index in [-0.39, 0.29) is 36.0 Å². The molecule has 0 aromatic carbocycles. The molecule has 10 heteroatoms. The molecule has 4 atom stereocenters. The van der Waals surface area contributed by atoms with E-state index in [0.717, 1.165) is 5.56 Å². The number of nitrogens with zero attached hydrogens (tertiary/aromatic N) is 2. The van der Waals surface area contributed by atoms with Gasteiger partial charge in [0.05, 0.1) is 23.4 Å². The van der Waals surface area contributed by atoms with Crippen LogP contribution in [0.15, 0.2) is 47.1 Å². The van der Waals surface area contributed by atoms with E-state index in [1.807, 2.05) is 11.0 Å². The fourth-order valence-corrected chi connectivity index (χ4v) is 5.20. The summed E-state index contributed by atoms with van der Waals surface area (Å²) in [5.41, 5.74) is 6.33. The van der Waals surface area contributed by atoms with Gasteiger partial charge in [0.1, 0.15) is 6.61 Å². The summed E-state index contributed by atoms with van der Waals surface area (Å²) in [5, 5.41) is 6.44. The van der Waals surface area contributed by atoms with Crippen molar-refractivity contribution in [3.63, 3.8) is 0 Å². The largest absolute Gasteiger partial charge is 0.449 e. The second kappa shape index (κ2) is 6.89. The number of methoxy groups -OCH3 is 1. The van der Waals surface area contributed by atoms with Crippen LogP contribution >= 0.6 is 0 Å². The van der Waals surface area contributed by atoms with Crippen LogP contribution in [0.4, 0.5) is 4.79 Å². The number of allylic oxidation sites excluding steroid dienone is 2. The predicted octanol–water partition coefficient (Wildman–Crippen LogP) is -0.425. The van der Waals surface area contributed by atoms with Crippen molar-refractivity contribution in [3.05, 3.63) is 52.6 Å². The van der Waals surface area contributed by atoms with Crippen molar-refractivity contribution in [2.45, 2.75) is 31.3 Å². The summed E-state index contributed by atoms with van der Waals surface area (Å²) in [5.74, 6) is -1.17. The van der Waals surface area contributed by atoms with Crippen molar-refractivity contribution in [3.8, 4) is 0 Å². The number of piperazine rings is 1. The average Bonchev–Trinajstić information content (AvgIpc) is 3.37. The van der Waals surface area contributed by atoms with E-state index >= 15 is 0 Å². The number of Topliss-reactive ketones (excluding diaryl/α,β-unsaturated/α-hetero) is 2. The van der Waals surface area contributed by atoms with Gasteiger partial charge in [0.25, 0.3) is 0 Å². The van der Waals surface area contributed by atoms with E-state index in [2.05, 4.69) is 15.6 Å². The number of fused-ring (bicyclic) bond motifs is 4. The van der Waals surface area contributed by atoms with Crippen LogP contribution in [-0.2, 0) is 25.6 Å². The smallest absolute Gasteiger partial charge is 0.404 e. The highest BCUT2D eigenvalue weighted by atomic mass is 16.6. The summed E-state index contributed by atoms with van der Waals surface area (Å²) in [6.07, 6.45) is 2.41. The van der Waals surface area contributed by atoms with Crippen LogP contribution in [0.5, 0.6) is 0 Å². The van der Waals surface area contributed by atoms with Crippen molar-refractivity contribution < 1.29 is 23.9 Å². The Hall–Kier alpha value is -3.24. The van der Waals surface area contributed by atoms with Gasteiger partial charge in [-0.05, 0) is 18.6 Å². The topological polar surface area (TPSA) is 146 Å². The molecule has 2 fully saturated rings. The van der Waals surface area contributed by atoms with Gasteiger partial charge < -0.3 is 30.7 Å². The quantitative estimate of drug-likeness (QED) is 0.408. The number of carbonyl (C=O) groups excluding carboxylic acids is 3. The summed E-state index contributed by atoms with van der Waals surface area (Å²) < 4.78 is 11.1. The predicted molar refractivity (Wildman–Crippen MR) is 107 cm³/mol. The number of aromatic nitrogens is 1. The molecule has 4 N–H and O–H groups in total. The molecule has 31 heavy (non-hydrogen) atoms. The van der Waals surface area contributed by atoms with Gasteiger partial charge in [-0.15, -0.1) is 0 Å². The number of ether oxygens (including phenoxy) is 2. The molecule has 0 spiro atoms. The zero-order chi connectivity index (χ0) is 21.9. The van der Waals surface area contributed by atoms with E-state index in [1.54, 1.807) is 32.5 Å². The zero-order valence-electron chi connectivity index (χ0n) is 17.2. The first-order chi connectivity index (χ1) is 14.9. The number of nitrogens with two attached hydrogens (primary N) is 1. The van der Waals surface area contributed by atoms with E-state index in [9.17, 15) is 14.4 Å². The van der Waals surface area contributed by atoms with Crippen LogP contribution in [0.25, 0.3) is 0 Å². The second-order valence-electron chi connectivity index (χ2n) is 8.14. The molecule has 1 aromatic rings. The minimum atomic E-state index is -0.977. The molecule has 10 nitrogen and oxygen atoms in total. The SMILES string of the molecule is COC12[C@@H]3N[C@@H]3CN1C1=C(C(=O)C(NCc3cccnc3)=C(C)C1=O)[C@@H]2COC(N)=O. The number of pyridine rings is 1. The van der Waals surface area contributed by atoms with Crippen molar-refractivity contribution in [2.24, 2.45) is 11.7 Å². The monoisotopic (exact) mass is 425 g/mol. The number of hydrogen-bond acceptors (Lipinski definition) is 9. The highest BCUT2D eigenvalue weighted by Gasteiger charge is 2.72. The number of carbonyl (C=O) groups is 3. The third-order valence-electron chi connectivity index (χ3n) is 6.62. The van der Waals surface area contributed by atoms with Crippen molar-refractivity contribution in [2.75, 3.05) is 20.3 Å². The molecule has 4 heterocycles.